The molecule has 4 nitrogen and oxygen atoms in total. The van der Waals surface area contributed by atoms with Crippen LogP contribution in [0.25, 0.3) is 0 Å². The van der Waals surface area contributed by atoms with Crippen LogP contribution < -0.4 is 10.6 Å². The fourth-order valence-corrected chi connectivity index (χ4v) is 3.92. The van der Waals surface area contributed by atoms with Gasteiger partial charge < -0.3 is 10.6 Å². The number of carbonyl (C=O) groups excluding carboxylic acids is 1. The van der Waals surface area contributed by atoms with Crippen molar-refractivity contribution in [3.05, 3.63) is 99.0 Å². The maximum absolute atomic E-state index is 14.5. The largest absolute Gasteiger partial charge is 0.416 e. The lowest BCUT2D eigenvalue weighted by Gasteiger charge is -2.36. The Balaban J connectivity index is 2.31. The number of halogens is 6. The van der Waals surface area contributed by atoms with E-state index in [0.29, 0.717) is 16.7 Å². The van der Waals surface area contributed by atoms with Crippen molar-refractivity contribution < 1.29 is 22.4 Å². The molecule has 1 atom stereocenters. The smallest absolute Gasteiger partial charge is 0.336 e. The number of urea groups is 1. The van der Waals surface area contributed by atoms with Gasteiger partial charge in [0.2, 0.25) is 0 Å². The quantitative estimate of drug-likeness (QED) is 0.358. The summed E-state index contributed by atoms with van der Waals surface area (Å²) in [6.07, 6.45) is -3.59. The molecule has 0 bridgehead atoms. The predicted molar refractivity (Wildman–Crippen MR) is 123 cm³/mol. The molecule has 34 heavy (non-hydrogen) atoms. The average Bonchev–Trinajstić information content (AvgIpc) is 2.72. The van der Waals surface area contributed by atoms with E-state index >= 15 is 0 Å². The fraction of sp³-hybridized carbons (Fsp3) is 0.250. The van der Waals surface area contributed by atoms with Gasteiger partial charge in [0, 0.05) is 23.7 Å². The molecule has 1 aromatic heterocycles. The van der Waals surface area contributed by atoms with Crippen molar-refractivity contribution in [2.75, 3.05) is 0 Å². The van der Waals surface area contributed by atoms with E-state index in [0.717, 1.165) is 12.1 Å². The van der Waals surface area contributed by atoms with Gasteiger partial charge in [-0.15, -0.1) is 0 Å². The molecule has 3 rings (SSSR count). The number of alkyl halides is 3. The van der Waals surface area contributed by atoms with Crippen molar-refractivity contribution in [2.45, 2.75) is 38.0 Å². The van der Waals surface area contributed by atoms with Gasteiger partial charge in [-0.1, -0.05) is 35.3 Å². The molecule has 0 saturated carbocycles. The summed E-state index contributed by atoms with van der Waals surface area (Å²) in [5, 5.41) is 6.08. The summed E-state index contributed by atoms with van der Waals surface area (Å²) in [4.78, 5) is 17.2. The molecule has 10 heteroatoms. The second-order valence-corrected chi connectivity index (χ2v) is 8.93. The van der Waals surface area contributed by atoms with Gasteiger partial charge in [-0.05, 0) is 67.4 Å². The molecule has 0 fully saturated rings. The molecule has 0 aliphatic rings. The number of hydrogen-bond donors (Lipinski definition) is 2. The highest BCUT2D eigenvalue weighted by Crippen LogP contribution is 2.38. The summed E-state index contributed by atoms with van der Waals surface area (Å²) >= 11 is 12.1. The molecule has 2 N–H and O–H groups in total. The van der Waals surface area contributed by atoms with Gasteiger partial charge in [-0.2, -0.15) is 13.2 Å². The Morgan fingerprint density at radius 1 is 1.00 bits per heavy atom. The average molecular weight is 514 g/mol. The van der Waals surface area contributed by atoms with E-state index in [2.05, 4.69) is 15.6 Å². The van der Waals surface area contributed by atoms with Crippen LogP contribution in [0.3, 0.4) is 0 Å². The lowest BCUT2D eigenvalue weighted by atomic mass is 9.79. The first kappa shape index (κ1) is 25.8. The van der Waals surface area contributed by atoms with E-state index in [1.165, 1.54) is 18.3 Å². The number of rotatable bonds is 6. The van der Waals surface area contributed by atoms with Crippen LogP contribution in [-0.2, 0) is 18.1 Å². The molecule has 3 aromatic rings. The Kier molecular flexibility index (Phi) is 7.73. The molecule has 2 amide bonds. The molecule has 0 unspecified atom stereocenters. The molecule has 1 heterocycles. The standard InChI is InChI=1S/C24H21Cl2F4N3O/c1-14(2)32-22(34)33-23(21-7-6-19(26)13-31-21,12-15-4-3-5-18(25)8-15)16-9-17(24(28,29)30)11-20(27)10-16/h3-11,13-14H,12H2,1-2H3,(H2,32,33,34)/t23-/m1/s1. The van der Waals surface area contributed by atoms with Crippen LogP contribution in [0.4, 0.5) is 22.4 Å². The Labute approximate surface area is 204 Å². The van der Waals surface area contributed by atoms with Gasteiger partial charge in [0.05, 0.1) is 16.3 Å². The number of carbonyl (C=O) groups is 1. The summed E-state index contributed by atoms with van der Waals surface area (Å²) in [5.74, 6) is -1.11. The van der Waals surface area contributed by atoms with Crippen molar-refractivity contribution in [3.63, 3.8) is 0 Å². The van der Waals surface area contributed by atoms with E-state index < -0.39 is 29.1 Å². The van der Waals surface area contributed by atoms with Crippen LogP contribution >= 0.6 is 23.2 Å². The lowest BCUT2D eigenvalue weighted by Crippen LogP contribution is -2.53. The normalized spacial score (nSPS) is 13.4. The zero-order valence-corrected chi connectivity index (χ0v) is 19.7. The van der Waals surface area contributed by atoms with Crippen LogP contribution in [0.2, 0.25) is 10.0 Å². The summed E-state index contributed by atoms with van der Waals surface area (Å²) in [7, 11) is 0. The van der Waals surface area contributed by atoms with E-state index in [9.17, 15) is 22.4 Å². The highest BCUT2D eigenvalue weighted by atomic mass is 35.5. The van der Waals surface area contributed by atoms with Crippen molar-refractivity contribution in [1.29, 1.82) is 0 Å². The van der Waals surface area contributed by atoms with Gasteiger partial charge in [0.25, 0.3) is 0 Å². The molecular weight excluding hydrogens is 493 g/mol. The van der Waals surface area contributed by atoms with Crippen LogP contribution in [0.5, 0.6) is 0 Å². The van der Waals surface area contributed by atoms with Crippen molar-refractivity contribution in [2.24, 2.45) is 0 Å². The second kappa shape index (κ2) is 10.2. The SMILES string of the molecule is CC(C)NC(=O)N[C@](Cc1cccc(Cl)c1)(c1cc(F)cc(C(F)(F)F)c1)c1ccc(Cl)cn1. The van der Waals surface area contributed by atoms with E-state index in [-0.39, 0.29) is 28.7 Å². The Hall–Kier alpha value is -2.84. The minimum absolute atomic E-state index is 0.0749. The van der Waals surface area contributed by atoms with Crippen LogP contribution in [0.1, 0.15) is 36.2 Å². The van der Waals surface area contributed by atoms with Gasteiger partial charge in [0.15, 0.2) is 0 Å². The van der Waals surface area contributed by atoms with E-state index in [1.807, 2.05) is 0 Å². The summed E-state index contributed by atoms with van der Waals surface area (Å²) in [6.45, 7) is 3.45. The number of nitrogens with zero attached hydrogens (tertiary/aromatic N) is 1. The van der Waals surface area contributed by atoms with Crippen molar-refractivity contribution >= 4 is 29.2 Å². The maximum atomic E-state index is 14.5. The molecule has 0 saturated heterocycles. The third-order valence-corrected chi connectivity index (χ3v) is 5.45. The zero-order valence-electron chi connectivity index (χ0n) is 18.2. The van der Waals surface area contributed by atoms with Gasteiger partial charge in [-0.25, -0.2) is 9.18 Å². The van der Waals surface area contributed by atoms with E-state index in [4.69, 9.17) is 23.2 Å². The number of pyridine rings is 1. The number of hydrogen-bond acceptors (Lipinski definition) is 2. The predicted octanol–water partition coefficient (Wildman–Crippen LogP) is 6.74. The zero-order chi connectivity index (χ0) is 25.1. The number of amides is 2. The van der Waals surface area contributed by atoms with Crippen molar-refractivity contribution in [3.8, 4) is 0 Å². The number of nitrogens with one attached hydrogen (secondary N) is 2. The van der Waals surface area contributed by atoms with Gasteiger partial charge >= 0.3 is 12.2 Å². The summed E-state index contributed by atoms with van der Waals surface area (Å²) < 4.78 is 55.3. The second-order valence-electron chi connectivity index (χ2n) is 8.05. The molecule has 0 aliphatic heterocycles. The highest BCUT2D eigenvalue weighted by Gasteiger charge is 2.41. The maximum Gasteiger partial charge on any atom is 0.416 e. The Bertz CT molecular complexity index is 1170. The molecule has 2 aromatic carbocycles. The van der Waals surface area contributed by atoms with E-state index in [1.54, 1.807) is 38.1 Å². The Morgan fingerprint density at radius 3 is 2.29 bits per heavy atom. The number of benzene rings is 2. The minimum atomic E-state index is -4.81. The molecular formula is C24H21Cl2F4N3O. The first-order valence-corrected chi connectivity index (χ1v) is 11.0. The van der Waals surface area contributed by atoms with Crippen LogP contribution in [-0.4, -0.2) is 17.1 Å². The van der Waals surface area contributed by atoms with Gasteiger partial charge in [-0.3, -0.25) is 4.98 Å². The molecule has 0 spiro atoms. The third-order valence-electron chi connectivity index (χ3n) is 4.99. The fourth-order valence-electron chi connectivity index (χ4n) is 3.59. The topological polar surface area (TPSA) is 54.0 Å². The third kappa shape index (κ3) is 6.18. The lowest BCUT2D eigenvalue weighted by molar-refractivity contribution is -0.137. The number of aromatic nitrogens is 1. The van der Waals surface area contributed by atoms with Crippen LogP contribution in [0.15, 0.2) is 60.8 Å². The molecule has 0 radical (unpaired) electrons. The van der Waals surface area contributed by atoms with Crippen molar-refractivity contribution in [1.82, 2.24) is 15.6 Å². The molecule has 180 valence electrons. The highest BCUT2D eigenvalue weighted by molar-refractivity contribution is 6.30. The molecule has 0 aliphatic carbocycles. The Morgan fingerprint density at radius 2 is 1.71 bits per heavy atom. The first-order valence-electron chi connectivity index (χ1n) is 10.2. The summed E-state index contributed by atoms with van der Waals surface area (Å²) in [5.41, 5.74) is -2.30. The monoisotopic (exact) mass is 513 g/mol. The van der Waals surface area contributed by atoms with Crippen LogP contribution in [0, 0.1) is 5.82 Å². The summed E-state index contributed by atoms with van der Waals surface area (Å²) in [6, 6.07) is 10.8. The van der Waals surface area contributed by atoms with Gasteiger partial charge in [0.1, 0.15) is 11.4 Å². The first-order chi connectivity index (χ1) is 15.9. The minimum Gasteiger partial charge on any atom is -0.336 e.